The minimum atomic E-state index is -4.57. The third-order valence-corrected chi connectivity index (χ3v) is 5.38. The number of carbonyl (C=O) groups excluding carboxylic acids is 2. The number of furan rings is 1. The SMILES string of the molecule is COc1ccc(Cl)cc1/C(O)=C1/C(=O)C(=O)N(c2ccc(C(F)(F)F)cc2)C1c1ccco1. The molecule has 1 N–H and O–H groups in total. The Morgan fingerprint density at radius 1 is 1.12 bits per heavy atom. The van der Waals surface area contributed by atoms with Gasteiger partial charge in [0.2, 0.25) is 0 Å². The van der Waals surface area contributed by atoms with E-state index >= 15 is 0 Å². The van der Waals surface area contributed by atoms with Crippen LogP contribution in [0.1, 0.15) is 22.9 Å². The Kier molecular flexibility index (Phi) is 5.67. The topological polar surface area (TPSA) is 80.0 Å². The molecule has 0 radical (unpaired) electrons. The molecule has 1 saturated heterocycles. The number of benzene rings is 2. The smallest absolute Gasteiger partial charge is 0.416 e. The number of anilines is 1. The van der Waals surface area contributed by atoms with Gasteiger partial charge in [0, 0.05) is 10.7 Å². The summed E-state index contributed by atoms with van der Waals surface area (Å²) in [5.74, 6) is -2.34. The molecule has 3 aromatic rings. The molecule has 1 aliphatic rings. The number of methoxy groups -OCH3 is 1. The van der Waals surface area contributed by atoms with Crippen molar-refractivity contribution in [2.24, 2.45) is 0 Å². The summed E-state index contributed by atoms with van der Waals surface area (Å²) in [6, 6.07) is 9.86. The lowest BCUT2D eigenvalue weighted by Crippen LogP contribution is -2.29. The summed E-state index contributed by atoms with van der Waals surface area (Å²) in [7, 11) is 1.35. The standard InChI is InChI=1S/C23H15ClF3NO5/c1-32-16-9-6-13(24)11-15(16)20(29)18-19(17-3-2-10-33-17)28(22(31)21(18)30)14-7-4-12(5-8-14)23(25,26)27/h2-11,19,29H,1H3/b20-18-. The first-order valence-corrected chi connectivity index (χ1v) is 9.87. The van der Waals surface area contributed by atoms with Gasteiger partial charge in [0.15, 0.2) is 0 Å². The molecule has 170 valence electrons. The number of hydrogen-bond donors (Lipinski definition) is 1. The van der Waals surface area contributed by atoms with E-state index in [2.05, 4.69) is 0 Å². The molecule has 33 heavy (non-hydrogen) atoms. The first kappa shape index (κ1) is 22.5. The van der Waals surface area contributed by atoms with E-state index < -0.39 is 35.2 Å². The van der Waals surface area contributed by atoms with Gasteiger partial charge in [-0.1, -0.05) is 11.6 Å². The number of ketones is 1. The molecule has 4 rings (SSSR count). The molecule has 2 heterocycles. The van der Waals surface area contributed by atoms with Crippen LogP contribution in [-0.4, -0.2) is 23.9 Å². The number of rotatable bonds is 4. The maximum absolute atomic E-state index is 13.0. The molecule has 1 amide bonds. The molecule has 0 spiro atoms. The number of carbonyl (C=O) groups is 2. The molecule has 10 heteroatoms. The van der Waals surface area contributed by atoms with Crippen molar-refractivity contribution in [3.05, 3.63) is 88.3 Å². The van der Waals surface area contributed by atoms with Crippen LogP contribution in [0.2, 0.25) is 5.02 Å². The Morgan fingerprint density at radius 3 is 2.39 bits per heavy atom. The highest BCUT2D eigenvalue weighted by Crippen LogP contribution is 2.44. The molecular formula is C23H15ClF3NO5. The fourth-order valence-corrected chi connectivity index (χ4v) is 3.81. The Hall–Kier alpha value is -3.72. The van der Waals surface area contributed by atoms with Crippen molar-refractivity contribution in [1.29, 1.82) is 0 Å². The molecule has 1 atom stereocenters. The number of halogens is 4. The van der Waals surface area contributed by atoms with E-state index in [1.165, 1.54) is 43.7 Å². The van der Waals surface area contributed by atoms with Crippen molar-refractivity contribution >= 4 is 34.7 Å². The van der Waals surface area contributed by atoms with Crippen molar-refractivity contribution in [2.45, 2.75) is 12.2 Å². The molecule has 1 aromatic heterocycles. The van der Waals surface area contributed by atoms with Crippen molar-refractivity contribution in [3.8, 4) is 5.75 Å². The molecule has 1 fully saturated rings. The summed E-state index contributed by atoms with van der Waals surface area (Å²) in [4.78, 5) is 27.0. The van der Waals surface area contributed by atoms with Crippen LogP contribution in [0.4, 0.5) is 18.9 Å². The van der Waals surface area contributed by atoms with Crippen LogP contribution >= 0.6 is 11.6 Å². The number of hydrogen-bond acceptors (Lipinski definition) is 5. The van der Waals surface area contributed by atoms with Crippen LogP contribution in [0.3, 0.4) is 0 Å². The summed E-state index contributed by atoms with van der Waals surface area (Å²) >= 11 is 6.04. The van der Waals surface area contributed by atoms with Gasteiger partial charge >= 0.3 is 6.18 Å². The van der Waals surface area contributed by atoms with Crippen LogP contribution in [0.15, 0.2) is 70.9 Å². The lowest BCUT2D eigenvalue weighted by atomic mass is 9.98. The third-order valence-electron chi connectivity index (χ3n) is 5.15. The summed E-state index contributed by atoms with van der Waals surface area (Å²) in [6.45, 7) is 0. The average molecular weight is 478 g/mol. The third kappa shape index (κ3) is 3.95. The summed E-state index contributed by atoms with van der Waals surface area (Å²) < 4.78 is 49.6. The second-order valence-electron chi connectivity index (χ2n) is 7.07. The molecule has 0 bridgehead atoms. The monoisotopic (exact) mass is 477 g/mol. The van der Waals surface area contributed by atoms with Crippen LogP contribution in [-0.2, 0) is 15.8 Å². The number of ether oxygens (including phenoxy) is 1. The van der Waals surface area contributed by atoms with Crippen LogP contribution in [0.25, 0.3) is 5.76 Å². The van der Waals surface area contributed by atoms with Gasteiger partial charge in [-0.25, -0.2) is 0 Å². The minimum absolute atomic E-state index is 0.0172. The molecule has 2 aromatic carbocycles. The van der Waals surface area contributed by atoms with Crippen molar-refractivity contribution < 1.29 is 37.0 Å². The zero-order valence-electron chi connectivity index (χ0n) is 16.9. The number of nitrogens with zero attached hydrogens (tertiary/aromatic N) is 1. The molecule has 0 saturated carbocycles. The normalized spacial score (nSPS) is 18.1. The van der Waals surface area contributed by atoms with Crippen molar-refractivity contribution in [2.75, 3.05) is 12.0 Å². The van der Waals surface area contributed by atoms with E-state index in [9.17, 15) is 27.9 Å². The first-order valence-electron chi connectivity index (χ1n) is 9.49. The van der Waals surface area contributed by atoms with Crippen LogP contribution in [0, 0.1) is 0 Å². The first-order chi connectivity index (χ1) is 15.6. The van der Waals surface area contributed by atoms with Crippen molar-refractivity contribution in [1.82, 2.24) is 0 Å². The van der Waals surface area contributed by atoms with Gasteiger partial charge in [-0.05, 0) is 54.6 Å². The molecule has 6 nitrogen and oxygen atoms in total. The lowest BCUT2D eigenvalue weighted by Gasteiger charge is -2.24. The Balaban J connectivity index is 1.91. The van der Waals surface area contributed by atoms with Gasteiger partial charge in [0.05, 0.1) is 30.1 Å². The zero-order valence-corrected chi connectivity index (χ0v) is 17.6. The van der Waals surface area contributed by atoms with E-state index in [0.717, 1.165) is 29.2 Å². The lowest BCUT2D eigenvalue weighted by molar-refractivity contribution is -0.137. The average Bonchev–Trinajstić information content (AvgIpc) is 3.40. The van der Waals surface area contributed by atoms with E-state index in [4.69, 9.17) is 20.8 Å². The fourth-order valence-electron chi connectivity index (χ4n) is 3.64. The minimum Gasteiger partial charge on any atom is -0.507 e. The maximum atomic E-state index is 13.0. The van der Waals surface area contributed by atoms with E-state index in [1.807, 2.05) is 0 Å². The highest BCUT2D eigenvalue weighted by Gasteiger charge is 2.48. The number of amides is 1. The number of Topliss-reactive ketones (excluding diaryl/α,β-unsaturated/α-hetero) is 1. The Labute approximate surface area is 190 Å². The highest BCUT2D eigenvalue weighted by atomic mass is 35.5. The van der Waals surface area contributed by atoms with Gasteiger partial charge in [-0.3, -0.25) is 14.5 Å². The fraction of sp³-hybridized carbons (Fsp3) is 0.130. The van der Waals surface area contributed by atoms with Gasteiger partial charge in [0.1, 0.15) is 23.3 Å². The highest BCUT2D eigenvalue weighted by molar-refractivity contribution is 6.51. The Bertz CT molecular complexity index is 1250. The number of alkyl halides is 3. The quantitative estimate of drug-likeness (QED) is 0.301. The summed E-state index contributed by atoms with van der Waals surface area (Å²) in [5, 5.41) is 11.3. The number of aliphatic hydroxyl groups is 1. The predicted octanol–water partition coefficient (Wildman–Crippen LogP) is 5.59. The van der Waals surface area contributed by atoms with E-state index in [-0.39, 0.29) is 33.4 Å². The van der Waals surface area contributed by atoms with Gasteiger partial charge in [-0.2, -0.15) is 13.2 Å². The van der Waals surface area contributed by atoms with Gasteiger partial charge in [0.25, 0.3) is 11.7 Å². The molecule has 1 aliphatic heterocycles. The van der Waals surface area contributed by atoms with Crippen LogP contribution in [0.5, 0.6) is 5.75 Å². The largest absolute Gasteiger partial charge is 0.507 e. The molecular weight excluding hydrogens is 463 g/mol. The van der Waals surface area contributed by atoms with E-state index in [1.54, 1.807) is 0 Å². The second kappa shape index (κ2) is 8.32. The van der Waals surface area contributed by atoms with Crippen molar-refractivity contribution in [3.63, 3.8) is 0 Å². The molecule has 0 aliphatic carbocycles. The molecule has 1 unspecified atom stereocenters. The second-order valence-corrected chi connectivity index (χ2v) is 7.51. The zero-order chi connectivity index (χ0) is 23.9. The number of aliphatic hydroxyl groups excluding tert-OH is 1. The van der Waals surface area contributed by atoms with Crippen LogP contribution < -0.4 is 9.64 Å². The predicted molar refractivity (Wildman–Crippen MR) is 113 cm³/mol. The Morgan fingerprint density at radius 2 is 1.82 bits per heavy atom. The van der Waals surface area contributed by atoms with Gasteiger partial charge in [-0.15, -0.1) is 0 Å². The summed E-state index contributed by atoms with van der Waals surface area (Å²) in [5.41, 5.74) is -1.16. The summed E-state index contributed by atoms with van der Waals surface area (Å²) in [6.07, 6.45) is -3.27. The van der Waals surface area contributed by atoms with Gasteiger partial charge < -0.3 is 14.3 Å². The van der Waals surface area contributed by atoms with E-state index in [0.29, 0.717) is 0 Å². The maximum Gasteiger partial charge on any atom is 0.416 e.